The lowest BCUT2D eigenvalue weighted by molar-refractivity contribution is 0.479. The Morgan fingerprint density at radius 1 is 1.30 bits per heavy atom. The van der Waals surface area contributed by atoms with E-state index in [1.807, 2.05) is 33.9 Å². The second-order valence-corrected chi connectivity index (χ2v) is 4.84. The van der Waals surface area contributed by atoms with E-state index in [-0.39, 0.29) is 12.4 Å². The van der Waals surface area contributed by atoms with Crippen LogP contribution in [0, 0.1) is 0 Å². The first-order valence-electron chi connectivity index (χ1n) is 7.04. The molecule has 2 aromatic rings. The standard InChI is InChI=1S/C14H23N5.ClH/c1-4-9-19-13(6-8-16-19)11-15-14-7-10-18(17-14)12(3)5-2;/h6-8,10,12H,4-5,9,11H2,1-3H3,(H,15,17);1H. The van der Waals surface area contributed by atoms with Gasteiger partial charge in [0.05, 0.1) is 12.2 Å². The Morgan fingerprint density at radius 2 is 2.10 bits per heavy atom. The van der Waals surface area contributed by atoms with Gasteiger partial charge in [-0.25, -0.2) is 0 Å². The number of aromatic nitrogens is 4. The molecule has 112 valence electrons. The summed E-state index contributed by atoms with van der Waals surface area (Å²) in [6.45, 7) is 8.23. The molecule has 0 aliphatic rings. The zero-order chi connectivity index (χ0) is 13.7. The summed E-state index contributed by atoms with van der Waals surface area (Å²) in [6.07, 6.45) is 6.06. The summed E-state index contributed by atoms with van der Waals surface area (Å²) in [4.78, 5) is 0. The lowest BCUT2D eigenvalue weighted by Gasteiger charge is -2.09. The fourth-order valence-corrected chi connectivity index (χ4v) is 1.97. The van der Waals surface area contributed by atoms with Crippen molar-refractivity contribution in [3.63, 3.8) is 0 Å². The van der Waals surface area contributed by atoms with Gasteiger partial charge in [0.15, 0.2) is 0 Å². The van der Waals surface area contributed by atoms with Crippen LogP contribution in [0.15, 0.2) is 24.5 Å². The van der Waals surface area contributed by atoms with Crippen LogP contribution in [0.3, 0.4) is 0 Å². The molecule has 0 saturated carbocycles. The molecule has 6 heteroatoms. The Morgan fingerprint density at radius 3 is 2.80 bits per heavy atom. The van der Waals surface area contributed by atoms with Crippen LogP contribution in [0.4, 0.5) is 5.82 Å². The second-order valence-electron chi connectivity index (χ2n) is 4.84. The van der Waals surface area contributed by atoms with E-state index in [1.165, 1.54) is 5.69 Å². The lowest BCUT2D eigenvalue weighted by Crippen LogP contribution is -2.10. The van der Waals surface area contributed by atoms with Crippen molar-refractivity contribution in [3.05, 3.63) is 30.2 Å². The molecular formula is C14H24ClN5. The molecule has 0 radical (unpaired) electrons. The molecule has 5 nitrogen and oxygen atoms in total. The summed E-state index contributed by atoms with van der Waals surface area (Å²) in [5, 5.41) is 12.2. The number of hydrogen-bond donors (Lipinski definition) is 1. The molecule has 1 unspecified atom stereocenters. The topological polar surface area (TPSA) is 47.7 Å². The highest BCUT2D eigenvalue weighted by molar-refractivity contribution is 5.85. The molecular weight excluding hydrogens is 274 g/mol. The van der Waals surface area contributed by atoms with Gasteiger partial charge in [0.25, 0.3) is 0 Å². The summed E-state index contributed by atoms with van der Waals surface area (Å²) in [5.74, 6) is 0.921. The Labute approximate surface area is 126 Å². The molecule has 0 aliphatic carbocycles. The minimum absolute atomic E-state index is 0. The van der Waals surface area contributed by atoms with Crippen LogP contribution in [0.2, 0.25) is 0 Å². The van der Waals surface area contributed by atoms with Gasteiger partial charge in [-0.3, -0.25) is 9.36 Å². The zero-order valence-corrected chi connectivity index (χ0v) is 13.2. The first kappa shape index (κ1) is 16.6. The van der Waals surface area contributed by atoms with Crippen molar-refractivity contribution >= 4 is 18.2 Å². The molecule has 2 aromatic heterocycles. The molecule has 0 amide bonds. The van der Waals surface area contributed by atoms with Crippen LogP contribution < -0.4 is 5.32 Å². The number of hydrogen-bond acceptors (Lipinski definition) is 3. The Bertz CT molecular complexity index is 505. The predicted molar refractivity (Wildman–Crippen MR) is 84.3 cm³/mol. The van der Waals surface area contributed by atoms with E-state index >= 15 is 0 Å². The van der Waals surface area contributed by atoms with Gasteiger partial charge in [0, 0.05) is 31.0 Å². The summed E-state index contributed by atoms with van der Waals surface area (Å²) in [5.41, 5.74) is 1.19. The van der Waals surface area contributed by atoms with E-state index in [2.05, 4.69) is 36.3 Å². The molecule has 20 heavy (non-hydrogen) atoms. The highest BCUT2D eigenvalue weighted by atomic mass is 35.5. The number of anilines is 1. The smallest absolute Gasteiger partial charge is 0.148 e. The predicted octanol–water partition coefficient (Wildman–Crippen LogP) is 3.49. The van der Waals surface area contributed by atoms with E-state index < -0.39 is 0 Å². The Kier molecular flexibility index (Phi) is 6.58. The zero-order valence-electron chi connectivity index (χ0n) is 12.4. The summed E-state index contributed by atoms with van der Waals surface area (Å²) in [7, 11) is 0. The molecule has 0 aliphatic heterocycles. The van der Waals surface area contributed by atoms with Gasteiger partial charge in [-0.05, 0) is 25.8 Å². The van der Waals surface area contributed by atoms with Gasteiger partial charge in [-0.1, -0.05) is 13.8 Å². The quantitative estimate of drug-likeness (QED) is 0.851. The molecule has 0 fully saturated rings. The molecule has 0 saturated heterocycles. The van der Waals surface area contributed by atoms with Crippen molar-refractivity contribution in [2.45, 2.75) is 52.7 Å². The van der Waals surface area contributed by atoms with Crippen LogP contribution in [0.1, 0.15) is 45.3 Å². The van der Waals surface area contributed by atoms with Gasteiger partial charge in [0.1, 0.15) is 5.82 Å². The summed E-state index contributed by atoms with van der Waals surface area (Å²) < 4.78 is 4.05. The summed E-state index contributed by atoms with van der Waals surface area (Å²) in [6, 6.07) is 4.52. The first-order valence-corrected chi connectivity index (χ1v) is 7.04. The van der Waals surface area contributed by atoms with Crippen LogP contribution in [0.5, 0.6) is 0 Å². The number of nitrogens with zero attached hydrogens (tertiary/aromatic N) is 4. The molecule has 0 aromatic carbocycles. The maximum Gasteiger partial charge on any atom is 0.148 e. The van der Waals surface area contributed by atoms with Crippen molar-refractivity contribution in [1.29, 1.82) is 0 Å². The Balaban J connectivity index is 0.00000200. The van der Waals surface area contributed by atoms with Crippen LogP contribution in [0.25, 0.3) is 0 Å². The van der Waals surface area contributed by atoms with Gasteiger partial charge in [-0.2, -0.15) is 10.2 Å². The Hall–Kier alpha value is -1.49. The normalized spacial score (nSPS) is 11.9. The van der Waals surface area contributed by atoms with E-state index in [0.717, 1.165) is 31.7 Å². The highest BCUT2D eigenvalue weighted by Crippen LogP contribution is 2.12. The first-order chi connectivity index (χ1) is 9.24. The van der Waals surface area contributed by atoms with E-state index in [0.29, 0.717) is 6.04 Å². The van der Waals surface area contributed by atoms with Crippen molar-refractivity contribution < 1.29 is 0 Å². The van der Waals surface area contributed by atoms with E-state index in [9.17, 15) is 0 Å². The van der Waals surface area contributed by atoms with Crippen LogP contribution >= 0.6 is 12.4 Å². The number of halogens is 1. The fourth-order valence-electron chi connectivity index (χ4n) is 1.97. The largest absolute Gasteiger partial charge is 0.363 e. The molecule has 0 spiro atoms. The fraction of sp³-hybridized carbons (Fsp3) is 0.571. The molecule has 2 rings (SSSR count). The number of nitrogens with one attached hydrogen (secondary N) is 1. The molecule has 1 N–H and O–H groups in total. The van der Waals surface area contributed by atoms with Gasteiger partial charge in [0.2, 0.25) is 0 Å². The monoisotopic (exact) mass is 297 g/mol. The summed E-state index contributed by atoms with van der Waals surface area (Å²) >= 11 is 0. The lowest BCUT2D eigenvalue weighted by atomic mass is 10.3. The SMILES string of the molecule is CCCn1nccc1CNc1ccn(C(C)CC)n1.Cl. The maximum absolute atomic E-state index is 4.53. The molecule has 0 bridgehead atoms. The highest BCUT2D eigenvalue weighted by Gasteiger charge is 2.05. The minimum atomic E-state index is 0. The van der Waals surface area contributed by atoms with Gasteiger partial charge < -0.3 is 5.32 Å². The third-order valence-electron chi connectivity index (χ3n) is 3.34. The van der Waals surface area contributed by atoms with Crippen molar-refractivity contribution in [2.24, 2.45) is 0 Å². The van der Waals surface area contributed by atoms with Crippen molar-refractivity contribution in [2.75, 3.05) is 5.32 Å². The molecule has 1 atom stereocenters. The van der Waals surface area contributed by atoms with Crippen molar-refractivity contribution in [1.82, 2.24) is 19.6 Å². The molecule has 2 heterocycles. The average Bonchev–Trinajstić information content (AvgIpc) is 3.05. The van der Waals surface area contributed by atoms with E-state index in [4.69, 9.17) is 0 Å². The van der Waals surface area contributed by atoms with Crippen LogP contribution in [-0.2, 0) is 13.1 Å². The average molecular weight is 298 g/mol. The third-order valence-corrected chi connectivity index (χ3v) is 3.34. The van der Waals surface area contributed by atoms with Gasteiger partial charge >= 0.3 is 0 Å². The minimum Gasteiger partial charge on any atom is -0.363 e. The second kappa shape index (κ2) is 7.94. The third kappa shape index (κ3) is 4.00. The number of aryl methyl sites for hydroxylation is 1. The van der Waals surface area contributed by atoms with E-state index in [1.54, 1.807) is 0 Å². The number of rotatable bonds is 7. The van der Waals surface area contributed by atoms with Crippen molar-refractivity contribution in [3.8, 4) is 0 Å². The van der Waals surface area contributed by atoms with Crippen LogP contribution in [-0.4, -0.2) is 19.6 Å². The van der Waals surface area contributed by atoms with Gasteiger partial charge in [-0.15, -0.1) is 12.4 Å². The maximum atomic E-state index is 4.53.